The number of hydrogen-bond acceptors (Lipinski definition) is 3. The van der Waals surface area contributed by atoms with Crippen molar-refractivity contribution < 1.29 is 0 Å². The minimum atomic E-state index is -0.188. The van der Waals surface area contributed by atoms with E-state index in [-0.39, 0.29) is 5.54 Å². The van der Waals surface area contributed by atoms with Crippen LogP contribution in [0.2, 0.25) is 0 Å². The number of aryl methyl sites for hydroxylation is 2. The lowest BCUT2D eigenvalue weighted by atomic mass is 9.90. The van der Waals surface area contributed by atoms with Gasteiger partial charge in [0.2, 0.25) is 0 Å². The molecule has 1 rings (SSSR count). The third-order valence-electron chi connectivity index (χ3n) is 3.05. The van der Waals surface area contributed by atoms with Crippen molar-refractivity contribution in [2.75, 3.05) is 0 Å². The quantitative estimate of drug-likeness (QED) is 0.822. The van der Waals surface area contributed by atoms with Gasteiger partial charge in [0.1, 0.15) is 5.01 Å². The summed E-state index contributed by atoms with van der Waals surface area (Å²) in [4.78, 5) is 6.06. The molecule has 1 aromatic rings. The first-order valence-corrected chi connectivity index (χ1v) is 7.14. The van der Waals surface area contributed by atoms with Crippen molar-refractivity contribution in [2.24, 2.45) is 5.73 Å². The van der Waals surface area contributed by atoms with E-state index in [9.17, 15) is 0 Å². The Morgan fingerprint density at radius 3 is 2.12 bits per heavy atom. The number of hydrogen-bond donors (Lipinski definition) is 1. The molecule has 0 spiro atoms. The normalized spacial score (nSPS) is 12.1. The van der Waals surface area contributed by atoms with Gasteiger partial charge in [-0.05, 0) is 26.2 Å². The molecule has 1 heterocycles. The maximum atomic E-state index is 6.53. The van der Waals surface area contributed by atoms with Gasteiger partial charge in [-0.25, -0.2) is 4.98 Å². The van der Waals surface area contributed by atoms with Crippen LogP contribution in [0.25, 0.3) is 0 Å². The van der Waals surface area contributed by atoms with Crippen LogP contribution >= 0.6 is 11.3 Å². The molecule has 92 valence electrons. The van der Waals surface area contributed by atoms with Crippen molar-refractivity contribution in [2.45, 2.75) is 65.3 Å². The number of nitrogens with two attached hydrogens (primary N) is 1. The van der Waals surface area contributed by atoms with E-state index in [1.54, 1.807) is 11.3 Å². The molecule has 0 radical (unpaired) electrons. The second-order valence-corrected chi connectivity index (χ2v) is 5.73. The topological polar surface area (TPSA) is 38.9 Å². The van der Waals surface area contributed by atoms with Crippen molar-refractivity contribution in [3.63, 3.8) is 0 Å². The average Bonchev–Trinajstić information content (AvgIpc) is 2.61. The van der Waals surface area contributed by atoms with Crippen molar-refractivity contribution in [1.29, 1.82) is 0 Å². The molecule has 0 aromatic carbocycles. The van der Waals surface area contributed by atoms with Gasteiger partial charge in [0, 0.05) is 4.88 Å². The molecule has 0 saturated carbocycles. The lowest BCUT2D eigenvalue weighted by Gasteiger charge is -2.26. The van der Waals surface area contributed by atoms with Crippen molar-refractivity contribution in [1.82, 2.24) is 4.98 Å². The molecule has 0 aliphatic carbocycles. The van der Waals surface area contributed by atoms with Crippen LogP contribution in [0.15, 0.2) is 0 Å². The molecular formula is C13H24N2S. The second kappa shape index (κ2) is 5.78. The Kier molecular flexibility index (Phi) is 4.93. The van der Waals surface area contributed by atoms with E-state index in [0.717, 1.165) is 37.1 Å². The molecule has 0 aliphatic rings. The van der Waals surface area contributed by atoms with Gasteiger partial charge >= 0.3 is 0 Å². The molecule has 0 unspecified atom stereocenters. The summed E-state index contributed by atoms with van der Waals surface area (Å²) >= 11 is 1.79. The molecule has 0 amide bonds. The predicted molar refractivity (Wildman–Crippen MR) is 71.9 cm³/mol. The van der Waals surface area contributed by atoms with Crippen molar-refractivity contribution in [3.8, 4) is 0 Å². The molecule has 0 aliphatic heterocycles. The maximum absolute atomic E-state index is 6.53. The Hall–Kier alpha value is -0.410. The molecular weight excluding hydrogens is 216 g/mol. The van der Waals surface area contributed by atoms with Gasteiger partial charge in [-0.2, -0.15) is 0 Å². The van der Waals surface area contributed by atoms with Crippen LogP contribution in [0.4, 0.5) is 0 Å². The number of rotatable bonds is 6. The van der Waals surface area contributed by atoms with Crippen molar-refractivity contribution >= 4 is 11.3 Å². The van der Waals surface area contributed by atoms with Crippen LogP contribution < -0.4 is 5.73 Å². The Labute approximate surface area is 103 Å². The minimum absolute atomic E-state index is 0.188. The lowest BCUT2D eigenvalue weighted by molar-refractivity contribution is 0.367. The highest BCUT2D eigenvalue weighted by atomic mass is 32.1. The fraction of sp³-hybridized carbons (Fsp3) is 0.769. The third kappa shape index (κ3) is 2.83. The van der Waals surface area contributed by atoms with Gasteiger partial charge in [0.15, 0.2) is 0 Å². The summed E-state index contributed by atoms with van der Waals surface area (Å²) in [7, 11) is 0. The van der Waals surface area contributed by atoms with E-state index < -0.39 is 0 Å². The van der Waals surface area contributed by atoms with E-state index in [1.807, 2.05) is 0 Å². The van der Waals surface area contributed by atoms with Crippen LogP contribution in [0.3, 0.4) is 0 Å². The van der Waals surface area contributed by atoms with Crippen LogP contribution in [0.5, 0.6) is 0 Å². The summed E-state index contributed by atoms with van der Waals surface area (Å²) in [6.45, 7) is 8.69. The van der Waals surface area contributed by atoms with E-state index in [2.05, 4.69) is 27.7 Å². The SMILES string of the molecule is CCCC(N)(CCC)c1nc(CC)c(C)s1. The first-order chi connectivity index (χ1) is 7.57. The molecule has 0 saturated heterocycles. The minimum Gasteiger partial charge on any atom is -0.319 e. The van der Waals surface area contributed by atoms with Crippen LogP contribution in [0, 0.1) is 6.92 Å². The Balaban J connectivity index is 3.00. The predicted octanol–water partition coefficient (Wildman–Crippen LogP) is 3.77. The standard InChI is InChI=1S/C13H24N2S/c1-5-8-13(14,9-6-2)12-15-11(7-3)10(4)16-12/h5-9,14H2,1-4H3. The largest absolute Gasteiger partial charge is 0.319 e. The monoisotopic (exact) mass is 240 g/mol. The van der Waals surface area contributed by atoms with Gasteiger partial charge < -0.3 is 5.73 Å². The summed E-state index contributed by atoms with van der Waals surface area (Å²) in [5, 5.41) is 1.14. The van der Waals surface area contributed by atoms with Crippen molar-refractivity contribution in [3.05, 3.63) is 15.6 Å². The molecule has 2 nitrogen and oxygen atoms in total. The summed E-state index contributed by atoms with van der Waals surface area (Å²) in [5.41, 5.74) is 7.56. The van der Waals surface area contributed by atoms with Gasteiger partial charge in [-0.1, -0.05) is 33.6 Å². The summed E-state index contributed by atoms with van der Waals surface area (Å²) in [6, 6.07) is 0. The van der Waals surface area contributed by atoms with Crippen LogP contribution in [-0.2, 0) is 12.0 Å². The third-order valence-corrected chi connectivity index (χ3v) is 4.28. The molecule has 0 atom stereocenters. The molecule has 3 heteroatoms. The number of aromatic nitrogens is 1. The summed E-state index contributed by atoms with van der Waals surface area (Å²) in [6.07, 6.45) is 5.33. The molecule has 0 fully saturated rings. The highest BCUT2D eigenvalue weighted by Gasteiger charge is 2.29. The van der Waals surface area contributed by atoms with Gasteiger partial charge in [0.05, 0.1) is 11.2 Å². The van der Waals surface area contributed by atoms with Gasteiger partial charge in [0.25, 0.3) is 0 Å². The van der Waals surface area contributed by atoms with Gasteiger partial charge in [-0.3, -0.25) is 0 Å². The highest BCUT2D eigenvalue weighted by Crippen LogP contribution is 2.33. The first kappa shape index (κ1) is 13.7. The highest BCUT2D eigenvalue weighted by molar-refractivity contribution is 7.11. The maximum Gasteiger partial charge on any atom is 0.113 e. The fourth-order valence-electron chi connectivity index (χ4n) is 2.20. The molecule has 0 bridgehead atoms. The van der Waals surface area contributed by atoms with E-state index in [4.69, 9.17) is 10.7 Å². The Morgan fingerprint density at radius 1 is 1.19 bits per heavy atom. The Morgan fingerprint density at radius 2 is 1.75 bits per heavy atom. The molecule has 2 N–H and O–H groups in total. The second-order valence-electron chi connectivity index (χ2n) is 4.53. The van der Waals surface area contributed by atoms with E-state index in [0.29, 0.717) is 0 Å². The molecule has 1 aromatic heterocycles. The zero-order valence-corrected chi connectivity index (χ0v) is 11.8. The summed E-state index contributed by atoms with van der Waals surface area (Å²) < 4.78 is 0. The number of thiazole rings is 1. The lowest BCUT2D eigenvalue weighted by Crippen LogP contribution is -2.36. The van der Waals surface area contributed by atoms with Crippen LogP contribution in [-0.4, -0.2) is 4.98 Å². The van der Waals surface area contributed by atoms with Crippen LogP contribution in [0.1, 0.15) is 62.0 Å². The smallest absolute Gasteiger partial charge is 0.113 e. The summed E-state index contributed by atoms with van der Waals surface area (Å²) in [5.74, 6) is 0. The van der Waals surface area contributed by atoms with Gasteiger partial charge in [-0.15, -0.1) is 11.3 Å². The average molecular weight is 240 g/mol. The van der Waals surface area contributed by atoms with E-state index >= 15 is 0 Å². The zero-order valence-electron chi connectivity index (χ0n) is 11.0. The first-order valence-electron chi connectivity index (χ1n) is 6.33. The zero-order chi connectivity index (χ0) is 12.2. The molecule has 16 heavy (non-hydrogen) atoms. The van der Waals surface area contributed by atoms with E-state index in [1.165, 1.54) is 10.6 Å². The Bertz CT molecular complexity index is 325. The fourth-order valence-corrected chi connectivity index (χ4v) is 3.36. The number of nitrogens with zero attached hydrogens (tertiary/aromatic N) is 1.